The molecule has 2 aliphatic rings. The Hall–Kier alpha value is 0.124. The maximum Gasteiger partial charge on any atom is -1.00 e. The minimum absolute atomic E-state index is 0. The molecule has 3 heteroatoms. The zero-order valence-corrected chi connectivity index (χ0v) is 17.8. The van der Waals surface area contributed by atoms with Crippen molar-refractivity contribution in [2.75, 3.05) is 0 Å². The normalized spacial score (nSPS) is 14.5. The van der Waals surface area contributed by atoms with Crippen LogP contribution in [0.15, 0.2) is 34.4 Å². The third kappa shape index (κ3) is 15.0. The Morgan fingerprint density at radius 3 is 1.27 bits per heavy atom. The number of halogens is 2. The molecule has 0 saturated heterocycles. The van der Waals surface area contributed by atoms with Crippen LogP contribution in [0.1, 0.15) is 67.2 Å². The first kappa shape index (κ1) is 27.0. The van der Waals surface area contributed by atoms with Crippen molar-refractivity contribution in [1.29, 1.82) is 0 Å². The smallest absolute Gasteiger partial charge is 1.00 e. The van der Waals surface area contributed by atoms with Crippen molar-refractivity contribution in [3.8, 4) is 0 Å². The molecule has 124 valence electrons. The first-order chi connectivity index (χ1) is 9.38. The van der Waals surface area contributed by atoms with Crippen molar-refractivity contribution in [2.45, 2.75) is 67.2 Å². The standard InChI is InChI=1S/2C8H11.C3H6.2ClH.Ti/c2*1-3-8-5-4-7(2)6-8;1-3-2;;;/h2*6H,3,5H2,1-2H3;1-2H3;2*1H;/q2*-1;;;;+2/p-2. The van der Waals surface area contributed by atoms with Gasteiger partial charge >= 0.3 is 37.6 Å². The van der Waals surface area contributed by atoms with Crippen LogP contribution in [0.25, 0.3) is 0 Å². The van der Waals surface area contributed by atoms with Crippen molar-refractivity contribution >= 4 is 3.81 Å². The van der Waals surface area contributed by atoms with Gasteiger partial charge in [0.2, 0.25) is 0 Å². The van der Waals surface area contributed by atoms with Crippen LogP contribution in [0.2, 0.25) is 0 Å². The predicted molar refractivity (Wildman–Crippen MR) is 87.2 cm³/mol. The fourth-order valence-corrected chi connectivity index (χ4v) is 1.78. The second-order valence-corrected chi connectivity index (χ2v) is 6.95. The summed E-state index contributed by atoms with van der Waals surface area (Å²) in [5, 5.41) is 0. The quantitative estimate of drug-likeness (QED) is 0.460. The van der Waals surface area contributed by atoms with Gasteiger partial charge in [0.15, 0.2) is 0 Å². The molecule has 0 nitrogen and oxygen atoms in total. The molecule has 0 N–H and O–H groups in total. The molecule has 2 aliphatic carbocycles. The molecule has 0 unspecified atom stereocenters. The molecule has 0 spiro atoms. The van der Waals surface area contributed by atoms with E-state index in [9.17, 15) is 0 Å². The van der Waals surface area contributed by atoms with Gasteiger partial charge in [-0.3, -0.25) is 12.2 Å². The van der Waals surface area contributed by atoms with Gasteiger partial charge in [-0.2, -0.15) is 11.1 Å². The van der Waals surface area contributed by atoms with Crippen LogP contribution in [0.5, 0.6) is 0 Å². The summed E-state index contributed by atoms with van der Waals surface area (Å²) in [6.45, 7) is 12.7. The summed E-state index contributed by atoms with van der Waals surface area (Å²) < 4.78 is 1.42. The van der Waals surface area contributed by atoms with E-state index in [4.69, 9.17) is 0 Å². The van der Waals surface area contributed by atoms with E-state index in [2.05, 4.69) is 85.8 Å². The average Bonchev–Trinajstić information content (AvgIpc) is 2.97. The molecular formula is C19H28Cl2Ti-2. The predicted octanol–water partition coefficient (Wildman–Crippen LogP) is -0.295. The summed E-state index contributed by atoms with van der Waals surface area (Å²) in [5.41, 5.74) is 5.65. The Balaban J connectivity index is -0.000000249. The van der Waals surface area contributed by atoms with Crippen LogP contribution in [0.3, 0.4) is 0 Å². The molecule has 0 heterocycles. The summed E-state index contributed by atoms with van der Waals surface area (Å²) in [6, 6.07) is 0. The molecule has 0 radical (unpaired) electrons. The van der Waals surface area contributed by atoms with Crippen LogP contribution in [-0.4, -0.2) is 3.81 Å². The number of hydrogen-bond donors (Lipinski definition) is 0. The molecule has 0 fully saturated rings. The van der Waals surface area contributed by atoms with Crippen molar-refractivity contribution < 1.29 is 44.8 Å². The summed E-state index contributed by atoms with van der Waals surface area (Å²) in [7, 11) is 0. The first-order valence-corrected chi connectivity index (χ1v) is 8.22. The molecule has 0 aromatic rings. The van der Waals surface area contributed by atoms with Crippen LogP contribution in [0, 0.1) is 12.2 Å². The Kier molecular flexibility index (Phi) is 19.6. The molecule has 0 saturated carbocycles. The first-order valence-electron chi connectivity index (χ1n) is 7.44. The van der Waals surface area contributed by atoms with Gasteiger partial charge in [0, 0.05) is 0 Å². The van der Waals surface area contributed by atoms with Gasteiger partial charge in [-0.25, -0.2) is 23.3 Å². The monoisotopic (exact) mass is 374 g/mol. The Labute approximate surface area is 162 Å². The fraction of sp³-hybridized carbons (Fsp3) is 0.526. The van der Waals surface area contributed by atoms with Crippen molar-refractivity contribution in [3.05, 3.63) is 46.6 Å². The molecule has 0 amide bonds. The third-order valence-electron chi connectivity index (χ3n) is 2.94. The van der Waals surface area contributed by atoms with E-state index in [-0.39, 0.29) is 24.8 Å². The van der Waals surface area contributed by atoms with Gasteiger partial charge in [-0.1, -0.05) is 40.5 Å². The molecule has 22 heavy (non-hydrogen) atoms. The van der Waals surface area contributed by atoms with Crippen LogP contribution < -0.4 is 24.8 Å². The molecule has 0 aromatic heterocycles. The van der Waals surface area contributed by atoms with E-state index in [1.165, 1.54) is 38.9 Å². The topological polar surface area (TPSA) is 0 Å². The Morgan fingerprint density at radius 1 is 0.909 bits per heavy atom. The minimum Gasteiger partial charge on any atom is -1.00 e. The van der Waals surface area contributed by atoms with Gasteiger partial charge in [0.1, 0.15) is 0 Å². The third-order valence-corrected chi connectivity index (χ3v) is 2.94. The SMILES string of the molecule is CCC1=CC(C)=[C-]C1.CCC1=CC(C)=[C-]C1.C[C](C)=[Ti+2].[Cl-].[Cl-]. The second-order valence-electron chi connectivity index (χ2n) is 5.39. The largest absolute Gasteiger partial charge is 1.00 e. The Bertz CT molecular complexity index is 400. The Morgan fingerprint density at radius 2 is 1.18 bits per heavy atom. The minimum atomic E-state index is 0. The van der Waals surface area contributed by atoms with E-state index in [0.29, 0.717) is 0 Å². The van der Waals surface area contributed by atoms with E-state index < -0.39 is 0 Å². The van der Waals surface area contributed by atoms with Crippen molar-refractivity contribution in [2.24, 2.45) is 0 Å². The second kappa shape index (κ2) is 16.0. The van der Waals surface area contributed by atoms with Gasteiger partial charge in [0.05, 0.1) is 0 Å². The van der Waals surface area contributed by atoms with Crippen LogP contribution in [-0.2, 0) is 20.0 Å². The zero-order valence-electron chi connectivity index (χ0n) is 14.7. The van der Waals surface area contributed by atoms with Gasteiger partial charge in [0.25, 0.3) is 0 Å². The molecule has 0 atom stereocenters. The number of allylic oxidation sites excluding steroid dienone is 8. The number of hydrogen-bond acceptors (Lipinski definition) is 0. The molecular weight excluding hydrogens is 347 g/mol. The van der Waals surface area contributed by atoms with E-state index in [0.717, 1.165) is 12.8 Å². The average molecular weight is 375 g/mol. The van der Waals surface area contributed by atoms with E-state index in [1.807, 2.05) is 0 Å². The number of rotatable bonds is 2. The van der Waals surface area contributed by atoms with E-state index in [1.54, 1.807) is 0 Å². The van der Waals surface area contributed by atoms with E-state index >= 15 is 0 Å². The summed E-state index contributed by atoms with van der Waals surface area (Å²) in [6.07, 6.45) is 15.4. The van der Waals surface area contributed by atoms with Crippen LogP contribution >= 0.6 is 0 Å². The maximum absolute atomic E-state index is 3.24. The van der Waals surface area contributed by atoms with Crippen molar-refractivity contribution in [1.82, 2.24) is 0 Å². The molecule has 0 aliphatic heterocycles. The summed E-state index contributed by atoms with van der Waals surface area (Å²) in [4.78, 5) is 0. The molecule has 0 aromatic carbocycles. The van der Waals surface area contributed by atoms with Gasteiger partial charge in [-0.15, -0.1) is 12.8 Å². The maximum atomic E-state index is 3.24. The molecule has 2 rings (SSSR count). The van der Waals surface area contributed by atoms with Gasteiger partial charge in [-0.05, 0) is 0 Å². The fourth-order valence-electron chi connectivity index (χ4n) is 1.78. The van der Waals surface area contributed by atoms with Crippen LogP contribution in [0.4, 0.5) is 0 Å². The van der Waals surface area contributed by atoms with Crippen molar-refractivity contribution in [3.63, 3.8) is 0 Å². The molecule has 0 bridgehead atoms. The van der Waals surface area contributed by atoms with Gasteiger partial charge < -0.3 is 24.8 Å². The summed E-state index contributed by atoms with van der Waals surface area (Å²) >= 11 is 2.08. The zero-order chi connectivity index (χ0) is 15.5. The summed E-state index contributed by atoms with van der Waals surface area (Å²) in [5.74, 6) is 0.